The molecule has 1 saturated heterocycles. The third-order valence-corrected chi connectivity index (χ3v) is 9.78. The monoisotopic (exact) mass is 429 g/mol. The smallest absolute Gasteiger partial charge is 0.165 e. The van der Waals surface area contributed by atoms with Crippen molar-refractivity contribution >= 4 is 0 Å². The maximum absolute atomic E-state index is 11.9. The summed E-state index contributed by atoms with van der Waals surface area (Å²) in [6, 6.07) is 4.22. The summed E-state index contributed by atoms with van der Waals surface area (Å²) in [6.07, 6.45) is 4.53. The van der Waals surface area contributed by atoms with Crippen LogP contribution in [0.2, 0.25) is 0 Å². The lowest BCUT2D eigenvalue weighted by molar-refractivity contribution is -0.225. The van der Waals surface area contributed by atoms with Crippen LogP contribution < -0.4 is 10.1 Å². The molecule has 7 atom stereocenters. The van der Waals surface area contributed by atoms with Crippen molar-refractivity contribution in [2.75, 3.05) is 13.7 Å². The predicted molar refractivity (Wildman–Crippen MR) is 121 cm³/mol. The molecule has 2 heterocycles. The fourth-order valence-electron chi connectivity index (χ4n) is 7.95. The Morgan fingerprint density at radius 3 is 2.65 bits per heavy atom. The molecule has 3 N–H and O–H groups in total. The molecule has 1 unspecified atom stereocenters. The normalized spacial score (nSPS) is 40.1. The number of rotatable bonds is 4. The van der Waals surface area contributed by atoms with Gasteiger partial charge < -0.3 is 25.0 Å². The Labute approximate surface area is 186 Å². The number of phenols is 1. The van der Waals surface area contributed by atoms with Crippen LogP contribution in [0.15, 0.2) is 12.1 Å². The van der Waals surface area contributed by atoms with Gasteiger partial charge in [0.25, 0.3) is 0 Å². The van der Waals surface area contributed by atoms with Crippen LogP contribution in [0.1, 0.15) is 71.4 Å². The van der Waals surface area contributed by atoms with Crippen LogP contribution in [0.3, 0.4) is 0 Å². The van der Waals surface area contributed by atoms with Crippen molar-refractivity contribution in [1.82, 2.24) is 5.32 Å². The van der Waals surface area contributed by atoms with E-state index in [-0.39, 0.29) is 40.1 Å². The van der Waals surface area contributed by atoms with Crippen molar-refractivity contribution in [1.29, 1.82) is 0 Å². The number of aliphatic hydroxyl groups is 1. The molecular formula is C26H39NO4. The van der Waals surface area contributed by atoms with Crippen molar-refractivity contribution in [2.45, 2.75) is 96.0 Å². The van der Waals surface area contributed by atoms with Crippen molar-refractivity contribution in [2.24, 2.45) is 16.7 Å². The second kappa shape index (κ2) is 6.61. The average Bonchev–Trinajstić information content (AvgIpc) is 3.03. The van der Waals surface area contributed by atoms with Gasteiger partial charge in [0.15, 0.2) is 11.5 Å². The summed E-state index contributed by atoms with van der Waals surface area (Å²) < 4.78 is 12.9. The molecule has 5 heteroatoms. The quantitative estimate of drug-likeness (QED) is 0.677. The Balaban J connectivity index is 1.78. The molecule has 1 aromatic rings. The summed E-state index contributed by atoms with van der Waals surface area (Å²) >= 11 is 0. The molecule has 1 aromatic carbocycles. The number of ether oxygens (including phenoxy) is 2. The van der Waals surface area contributed by atoms with Crippen molar-refractivity contribution in [3.63, 3.8) is 0 Å². The number of benzene rings is 1. The molecule has 2 aliphatic heterocycles. The first-order valence-electron chi connectivity index (χ1n) is 12.1. The highest BCUT2D eigenvalue weighted by molar-refractivity contribution is 5.62. The van der Waals surface area contributed by atoms with Gasteiger partial charge >= 0.3 is 0 Å². The van der Waals surface area contributed by atoms with E-state index in [4.69, 9.17) is 9.47 Å². The molecule has 2 fully saturated rings. The van der Waals surface area contributed by atoms with E-state index in [1.165, 1.54) is 11.1 Å². The van der Waals surface area contributed by atoms with E-state index in [1.54, 1.807) is 13.2 Å². The van der Waals surface area contributed by atoms with Gasteiger partial charge in [-0.2, -0.15) is 0 Å². The summed E-state index contributed by atoms with van der Waals surface area (Å²) in [7, 11) is 1.76. The first-order valence-corrected chi connectivity index (χ1v) is 12.1. The minimum atomic E-state index is -0.926. The lowest BCUT2D eigenvalue weighted by atomic mass is 9.39. The zero-order valence-electron chi connectivity index (χ0n) is 19.9. The summed E-state index contributed by atoms with van der Waals surface area (Å²) in [4.78, 5) is 0. The lowest BCUT2D eigenvalue weighted by Crippen LogP contribution is -2.76. The van der Waals surface area contributed by atoms with Crippen LogP contribution >= 0.6 is 0 Å². The Hall–Kier alpha value is -1.30. The fraction of sp³-hybridized carbons (Fsp3) is 0.769. The minimum absolute atomic E-state index is 0.0361. The number of aromatic hydroxyl groups is 1. The first kappa shape index (κ1) is 21.5. The number of nitrogens with one attached hydrogen (secondary N) is 1. The van der Waals surface area contributed by atoms with Crippen molar-refractivity contribution in [3.05, 3.63) is 23.3 Å². The predicted octanol–water partition coefficient (Wildman–Crippen LogP) is 3.93. The first-order chi connectivity index (χ1) is 14.5. The summed E-state index contributed by atoms with van der Waals surface area (Å²) in [6.45, 7) is 11.5. The van der Waals surface area contributed by atoms with Crippen LogP contribution in [-0.2, 0) is 16.6 Å². The van der Waals surface area contributed by atoms with Crippen LogP contribution in [0.5, 0.6) is 11.5 Å². The topological polar surface area (TPSA) is 71.0 Å². The van der Waals surface area contributed by atoms with E-state index in [9.17, 15) is 10.2 Å². The van der Waals surface area contributed by atoms with Crippen LogP contribution in [0, 0.1) is 16.7 Å². The average molecular weight is 430 g/mol. The second-order valence-corrected chi connectivity index (χ2v) is 11.7. The molecule has 0 radical (unpaired) electrons. The largest absolute Gasteiger partial charge is 0.504 e. The third-order valence-electron chi connectivity index (χ3n) is 9.78. The minimum Gasteiger partial charge on any atom is -0.504 e. The Kier molecular flexibility index (Phi) is 4.60. The number of piperidine rings is 1. The molecule has 1 spiro atoms. The molecule has 31 heavy (non-hydrogen) atoms. The second-order valence-electron chi connectivity index (χ2n) is 11.7. The summed E-state index contributed by atoms with van der Waals surface area (Å²) in [5.41, 5.74) is 1.08. The number of hydrogen-bond donors (Lipinski definition) is 3. The number of hydrogen-bond acceptors (Lipinski definition) is 5. The highest BCUT2D eigenvalue weighted by Crippen LogP contribution is 2.71. The van der Waals surface area contributed by atoms with E-state index >= 15 is 0 Å². The highest BCUT2D eigenvalue weighted by Gasteiger charge is 2.74. The van der Waals surface area contributed by atoms with Gasteiger partial charge in [0.2, 0.25) is 0 Å². The molecule has 5 rings (SSSR count). The third kappa shape index (κ3) is 2.43. The zero-order valence-corrected chi connectivity index (χ0v) is 19.9. The van der Waals surface area contributed by atoms with E-state index in [1.807, 2.05) is 6.92 Å². The van der Waals surface area contributed by atoms with Gasteiger partial charge in [0.05, 0.1) is 5.60 Å². The maximum atomic E-state index is 11.9. The van der Waals surface area contributed by atoms with Crippen LogP contribution in [0.25, 0.3) is 0 Å². The fourth-order valence-corrected chi connectivity index (χ4v) is 7.95. The molecule has 4 aliphatic rings. The Morgan fingerprint density at radius 1 is 1.26 bits per heavy atom. The van der Waals surface area contributed by atoms with Gasteiger partial charge in [-0.05, 0) is 61.6 Å². The van der Waals surface area contributed by atoms with Gasteiger partial charge in [-0.3, -0.25) is 0 Å². The number of methoxy groups -OCH3 is 1. The molecule has 2 aliphatic carbocycles. The van der Waals surface area contributed by atoms with Crippen molar-refractivity contribution < 1.29 is 19.7 Å². The summed E-state index contributed by atoms with van der Waals surface area (Å²) in [5.74, 6) is 0.836. The van der Waals surface area contributed by atoms with Gasteiger partial charge in [0.1, 0.15) is 12.2 Å². The Morgan fingerprint density at radius 2 is 2.00 bits per heavy atom. The van der Waals surface area contributed by atoms with E-state index in [2.05, 4.69) is 39.1 Å². The van der Waals surface area contributed by atoms with Gasteiger partial charge in [-0.1, -0.05) is 40.2 Å². The lowest BCUT2D eigenvalue weighted by Gasteiger charge is -2.67. The Bertz CT molecular complexity index is 890. The van der Waals surface area contributed by atoms with Gasteiger partial charge in [-0.15, -0.1) is 0 Å². The van der Waals surface area contributed by atoms with Crippen LogP contribution in [0.4, 0.5) is 0 Å². The maximum Gasteiger partial charge on any atom is 0.165 e. The van der Waals surface area contributed by atoms with E-state index in [0.717, 1.165) is 38.6 Å². The standard InChI is InChI=1S/C26H39NO4/c1-7-10-25-14-16(24(5,29)23(2,3)4)20(30-6)22-26(25)11-12-27-18(25)13-15-8-9-17(28)21(31-22)19(15)26/h8-9,16,18,20,22,27-29H,7,10-14H2,1-6H3/t16-,18+,20?,22-,24-,25+,26-/m0/s1. The van der Waals surface area contributed by atoms with Crippen molar-refractivity contribution in [3.8, 4) is 11.5 Å². The SMILES string of the molecule is CCC[C@]12C[C@H]([C@](C)(O)C(C)(C)C)C(OC)[C@@H]3Oc4c(O)ccc5c4[C@@]31CCN[C@@H]2C5. The number of phenolic OH excluding ortho intramolecular Hbond substituents is 1. The molecule has 5 nitrogen and oxygen atoms in total. The summed E-state index contributed by atoms with van der Waals surface area (Å²) in [5, 5.41) is 26.6. The molecular weight excluding hydrogens is 390 g/mol. The molecule has 2 bridgehead atoms. The van der Waals surface area contributed by atoms with Crippen LogP contribution in [-0.4, -0.2) is 47.7 Å². The molecule has 0 aromatic heterocycles. The van der Waals surface area contributed by atoms with Gasteiger partial charge in [0, 0.05) is 30.0 Å². The molecule has 1 saturated carbocycles. The molecule has 172 valence electrons. The van der Waals surface area contributed by atoms with E-state index < -0.39 is 5.60 Å². The highest BCUT2D eigenvalue weighted by atomic mass is 16.5. The van der Waals surface area contributed by atoms with Gasteiger partial charge in [-0.25, -0.2) is 0 Å². The van der Waals surface area contributed by atoms with E-state index in [0.29, 0.717) is 11.8 Å². The molecule has 0 amide bonds. The zero-order chi connectivity index (χ0) is 22.4.